The molecule has 3 nitrogen and oxygen atoms in total. The molecule has 1 aromatic heterocycles. The molecule has 3 aromatic rings. The number of fused-ring (bicyclic) bond motifs is 1. The number of nitrogens with two attached hydrogens (primary N) is 1. The van der Waals surface area contributed by atoms with Crippen molar-refractivity contribution in [3.8, 4) is 5.75 Å². The van der Waals surface area contributed by atoms with Crippen LogP contribution in [0.3, 0.4) is 0 Å². The molecule has 0 aliphatic heterocycles. The summed E-state index contributed by atoms with van der Waals surface area (Å²) in [7, 11) is 1.68. The van der Waals surface area contributed by atoms with Crippen molar-refractivity contribution < 1.29 is 9.15 Å². The average Bonchev–Trinajstić information content (AvgIpc) is 2.92. The van der Waals surface area contributed by atoms with E-state index in [9.17, 15) is 0 Å². The fraction of sp³-hybridized carbons (Fsp3) is 0.222. The lowest BCUT2D eigenvalue weighted by Crippen LogP contribution is -2.13. The van der Waals surface area contributed by atoms with Crippen molar-refractivity contribution >= 4 is 11.0 Å². The zero-order valence-electron chi connectivity index (χ0n) is 12.5. The van der Waals surface area contributed by atoms with Gasteiger partial charge in [0.2, 0.25) is 0 Å². The van der Waals surface area contributed by atoms with Crippen molar-refractivity contribution in [3.63, 3.8) is 0 Å². The minimum Gasteiger partial charge on any atom is -0.496 e. The lowest BCUT2D eigenvalue weighted by molar-refractivity contribution is 0.411. The van der Waals surface area contributed by atoms with Crippen LogP contribution < -0.4 is 10.5 Å². The molecule has 0 fully saturated rings. The third-order valence-electron chi connectivity index (χ3n) is 3.87. The second-order valence-corrected chi connectivity index (χ2v) is 5.34. The van der Waals surface area contributed by atoms with E-state index in [4.69, 9.17) is 14.9 Å². The summed E-state index contributed by atoms with van der Waals surface area (Å²) >= 11 is 0. The number of furan rings is 1. The van der Waals surface area contributed by atoms with Gasteiger partial charge < -0.3 is 14.9 Å². The standard InChI is InChI=1S/C18H19NO2/c1-11-9-16(20-3)12(2)8-14(11)18(19)17-10-13-6-4-5-7-15(13)21-17/h4-10,18H,19H2,1-3H3. The van der Waals surface area contributed by atoms with Crippen molar-refractivity contribution in [2.45, 2.75) is 19.9 Å². The molecular formula is C18H19NO2. The lowest BCUT2D eigenvalue weighted by atomic mass is 9.97. The molecule has 1 unspecified atom stereocenters. The van der Waals surface area contributed by atoms with Crippen LogP contribution in [0.2, 0.25) is 0 Å². The maximum atomic E-state index is 6.41. The summed E-state index contributed by atoms with van der Waals surface area (Å²) in [5, 5.41) is 1.07. The van der Waals surface area contributed by atoms with Gasteiger partial charge in [-0.15, -0.1) is 0 Å². The monoisotopic (exact) mass is 281 g/mol. The summed E-state index contributed by atoms with van der Waals surface area (Å²) in [6.07, 6.45) is 0. The molecule has 21 heavy (non-hydrogen) atoms. The first-order valence-electron chi connectivity index (χ1n) is 6.99. The van der Waals surface area contributed by atoms with Gasteiger partial charge in [-0.25, -0.2) is 0 Å². The first-order chi connectivity index (χ1) is 10.1. The molecule has 0 bridgehead atoms. The van der Waals surface area contributed by atoms with E-state index < -0.39 is 0 Å². The zero-order valence-corrected chi connectivity index (χ0v) is 12.5. The first-order valence-corrected chi connectivity index (χ1v) is 6.99. The van der Waals surface area contributed by atoms with Crippen LogP contribution in [0.15, 0.2) is 46.9 Å². The van der Waals surface area contributed by atoms with E-state index in [0.29, 0.717) is 0 Å². The second-order valence-electron chi connectivity index (χ2n) is 5.34. The van der Waals surface area contributed by atoms with E-state index in [2.05, 4.69) is 6.07 Å². The SMILES string of the molecule is COc1cc(C)c(C(N)c2cc3ccccc3o2)cc1C. The van der Waals surface area contributed by atoms with Gasteiger partial charge in [0.1, 0.15) is 17.1 Å². The topological polar surface area (TPSA) is 48.4 Å². The number of aryl methyl sites for hydroxylation is 2. The predicted octanol–water partition coefficient (Wildman–Crippen LogP) is 4.11. The highest BCUT2D eigenvalue weighted by Gasteiger charge is 2.17. The molecule has 1 heterocycles. The van der Waals surface area contributed by atoms with Crippen LogP contribution in [0.1, 0.15) is 28.5 Å². The van der Waals surface area contributed by atoms with Crippen molar-refractivity contribution in [1.29, 1.82) is 0 Å². The van der Waals surface area contributed by atoms with E-state index in [-0.39, 0.29) is 6.04 Å². The third kappa shape index (κ3) is 2.41. The van der Waals surface area contributed by atoms with Gasteiger partial charge in [0.15, 0.2) is 0 Å². The van der Waals surface area contributed by atoms with Gasteiger partial charge in [0.25, 0.3) is 0 Å². The number of ether oxygens (including phenoxy) is 1. The van der Waals surface area contributed by atoms with E-state index in [1.165, 1.54) is 0 Å². The molecular weight excluding hydrogens is 262 g/mol. The van der Waals surface area contributed by atoms with Gasteiger partial charge >= 0.3 is 0 Å². The molecule has 0 saturated heterocycles. The Morgan fingerprint density at radius 3 is 2.52 bits per heavy atom. The molecule has 1 atom stereocenters. The Morgan fingerprint density at radius 1 is 1.05 bits per heavy atom. The van der Waals surface area contributed by atoms with Crippen LogP contribution in [-0.2, 0) is 0 Å². The Labute approximate surface area is 124 Å². The zero-order chi connectivity index (χ0) is 15.0. The molecule has 0 amide bonds. The van der Waals surface area contributed by atoms with Crippen LogP contribution in [-0.4, -0.2) is 7.11 Å². The van der Waals surface area contributed by atoms with Crippen LogP contribution >= 0.6 is 0 Å². The van der Waals surface area contributed by atoms with Crippen LogP contribution in [0.5, 0.6) is 5.75 Å². The summed E-state index contributed by atoms with van der Waals surface area (Å²) in [6, 6.07) is 13.8. The quantitative estimate of drug-likeness (QED) is 0.786. The minimum absolute atomic E-state index is 0.276. The number of rotatable bonds is 3. The van der Waals surface area contributed by atoms with Gasteiger partial charge in [-0.05, 0) is 48.7 Å². The highest BCUT2D eigenvalue weighted by atomic mass is 16.5. The van der Waals surface area contributed by atoms with Crippen molar-refractivity contribution in [3.05, 3.63) is 64.9 Å². The van der Waals surface area contributed by atoms with Crippen LogP contribution in [0, 0.1) is 13.8 Å². The van der Waals surface area contributed by atoms with E-state index in [1.807, 2.05) is 50.2 Å². The molecule has 3 rings (SSSR count). The molecule has 0 spiro atoms. The third-order valence-corrected chi connectivity index (χ3v) is 3.87. The molecule has 0 aliphatic carbocycles. The fourth-order valence-electron chi connectivity index (χ4n) is 2.68. The number of methoxy groups -OCH3 is 1. The van der Waals surface area contributed by atoms with Gasteiger partial charge in [0.05, 0.1) is 13.2 Å². The smallest absolute Gasteiger partial charge is 0.134 e. The Balaban J connectivity index is 2.05. The summed E-state index contributed by atoms with van der Waals surface area (Å²) in [4.78, 5) is 0. The van der Waals surface area contributed by atoms with E-state index >= 15 is 0 Å². The summed E-state index contributed by atoms with van der Waals surface area (Å²) < 4.78 is 11.2. The Bertz CT molecular complexity index is 756. The maximum Gasteiger partial charge on any atom is 0.134 e. The molecule has 2 aromatic carbocycles. The minimum atomic E-state index is -0.276. The van der Waals surface area contributed by atoms with Crippen molar-refractivity contribution in [2.24, 2.45) is 5.73 Å². The van der Waals surface area contributed by atoms with Gasteiger partial charge in [-0.3, -0.25) is 0 Å². The number of para-hydroxylation sites is 1. The highest BCUT2D eigenvalue weighted by molar-refractivity contribution is 5.78. The summed E-state index contributed by atoms with van der Waals surface area (Å²) in [5.41, 5.74) is 10.5. The van der Waals surface area contributed by atoms with Crippen LogP contribution in [0.4, 0.5) is 0 Å². The van der Waals surface area contributed by atoms with Crippen molar-refractivity contribution in [1.82, 2.24) is 0 Å². The second kappa shape index (κ2) is 5.26. The molecule has 3 heteroatoms. The Morgan fingerprint density at radius 2 is 1.81 bits per heavy atom. The fourth-order valence-corrected chi connectivity index (χ4v) is 2.68. The number of benzene rings is 2. The number of hydrogen-bond donors (Lipinski definition) is 1. The summed E-state index contributed by atoms with van der Waals surface area (Å²) in [5.74, 6) is 1.66. The molecule has 108 valence electrons. The molecule has 2 N–H and O–H groups in total. The van der Waals surface area contributed by atoms with E-state index in [0.717, 1.165) is 39.2 Å². The summed E-state index contributed by atoms with van der Waals surface area (Å²) in [6.45, 7) is 4.06. The van der Waals surface area contributed by atoms with Gasteiger partial charge in [-0.1, -0.05) is 24.3 Å². The molecule has 0 aliphatic rings. The molecule has 0 saturated carbocycles. The Hall–Kier alpha value is -2.26. The van der Waals surface area contributed by atoms with Gasteiger partial charge in [0, 0.05) is 5.39 Å². The average molecular weight is 281 g/mol. The van der Waals surface area contributed by atoms with Gasteiger partial charge in [-0.2, -0.15) is 0 Å². The van der Waals surface area contributed by atoms with Crippen molar-refractivity contribution in [2.75, 3.05) is 7.11 Å². The van der Waals surface area contributed by atoms with E-state index in [1.54, 1.807) is 7.11 Å². The lowest BCUT2D eigenvalue weighted by Gasteiger charge is -2.15. The predicted molar refractivity (Wildman–Crippen MR) is 84.7 cm³/mol. The normalized spacial score (nSPS) is 12.6. The largest absolute Gasteiger partial charge is 0.496 e. The number of hydrogen-bond acceptors (Lipinski definition) is 3. The first kappa shape index (κ1) is 13.7. The Kier molecular flexibility index (Phi) is 3.43. The van der Waals surface area contributed by atoms with Crippen LogP contribution in [0.25, 0.3) is 11.0 Å². The maximum absolute atomic E-state index is 6.41. The molecule has 0 radical (unpaired) electrons. The highest BCUT2D eigenvalue weighted by Crippen LogP contribution is 2.31.